The molecule has 0 saturated carbocycles. The number of hydrogen-bond acceptors (Lipinski definition) is 4. The highest BCUT2D eigenvalue weighted by Crippen LogP contribution is 2.29. The standard InChI is InChI=1S/C15H24N2O3S.ClH/c1-11-7-12(2)15(20-3)14(8-11)21(18,19)17-10-13-5-4-6-16-9-13;/h7-8,13,16-17H,4-6,9-10H2,1-3H3;1H. The van der Waals surface area contributed by atoms with E-state index in [-0.39, 0.29) is 17.3 Å². The van der Waals surface area contributed by atoms with Crippen molar-refractivity contribution < 1.29 is 13.2 Å². The Kier molecular flexibility index (Phi) is 7.12. The minimum atomic E-state index is -3.55. The number of rotatable bonds is 5. The predicted molar refractivity (Wildman–Crippen MR) is 90.5 cm³/mol. The Labute approximate surface area is 139 Å². The first-order valence-corrected chi connectivity index (χ1v) is 8.78. The summed E-state index contributed by atoms with van der Waals surface area (Å²) >= 11 is 0. The number of piperidine rings is 1. The fourth-order valence-corrected chi connectivity index (χ4v) is 4.22. The van der Waals surface area contributed by atoms with E-state index in [0.29, 0.717) is 18.2 Å². The van der Waals surface area contributed by atoms with Crippen LogP contribution < -0.4 is 14.8 Å². The number of hydrogen-bond donors (Lipinski definition) is 2. The smallest absolute Gasteiger partial charge is 0.244 e. The van der Waals surface area contributed by atoms with Gasteiger partial charge in [-0.15, -0.1) is 12.4 Å². The molecule has 0 radical (unpaired) electrons. The van der Waals surface area contributed by atoms with Gasteiger partial charge in [0.25, 0.3) is 0 Å². The zero-order valence-electron chi connectivity index (χ0n) is 13.3. The maximum Gasteiger partial charge on any atom is 0.244 e. The first kappa shape index (κ1) is 19.2. The third kappa shape index (κ3) is 4.59. The number of methoxy groups -OCH3 is 1. The van der Waals surface area contributed by atoms with Crippen LogP contribution in [0.2, 0.25) is 0 Å². The summed E-state index contributed by atoms with van der Waals surface area (Å²) in [4.78, 5) is 0.228. The van der Waals surface area contributed by atoms with E-state index in [1.54, 1.807) is 6.07 Å². The Balaban J connectivity index is 0.00000242. The van der Waals surface area contributed by atoms with Crippen LogP contribution in [0.3, 0.4) is 0 Å². The molecule has 22 heavy (non-hydrogen) atoms. The van der Waals surface area contributed by atoms with Crippen molar-refractivity contribution in [3.63, 3.8) is 0 Å². The van der Waals surface area contributed by atoms with Crippen molar-refractivity contribution in [2.75, 3.05) is 26.7 Å². The summed E-state index contributed by atoms with van der Waals surface area (Å²) < 4.78 is 33.1. The van der Waals surface area contributed by atoms with Gasteiger partial charge in [-0.2, -0.15) is 0 Å². The Morgan fingerprint density at radius 2 is 2.09 bits per heavy atom. The molecule has 1 fully saturated rings. The molecule has 1 aromatic rings. The second-order valence-corrected chi connectivity index (χ2v) is 7.41. The number of nitrogens with one attached hydrogen (secondary N) is 2. The summed E-state index contributed by atoms with van der Waals surface area (Å²) in [6.45, 7) is 6.10. The monoisotopic (exact) mass is 348 g/mol. The minimum absolute atomic E-state index is 0. The normalized spacial score (nSPS) is 18.6. The highest BCUT2D eigenvalue weighted by molar-refractivity contribution is 7.89. The van der Waals surface area contributed by atoms with Crippen molar-refractivity contribution >= 4 is 22.4 Å². The van der Waals surface area contributed by atoms with Gasteiger partial charge in [0.15, 0.2) is 0 Å². The summed E-state index contributed by atoms with van der Waals surface area (Å²) in [7, 11) is -2.05. The molecular weight excluding hydrogens is 324 g/mol. The van der Waals surface area contributed by atoms with Gasteiger partial charge < -0.3 is 10.1 Å². The van der Waals surface area contributed by atoms with Gasteiger partial charge in [0.2, 0.25) is 10.0 Å². The van der Waals surface area contributed by atoms with Gasteiger partial charge in [0, 0.05) is 6.54 Å². The van der Waals surface area contributed by atoms with Crippen LogP contribution in [0.4, 0.5) is 0 Å². The molecule has 0 aromatic heterocycles. The summed E-state index contributed by atoms with van der Waals surface area (Å²) in [6, 6.07) is 3.58. The van der Waals surface area contributed by atoms with Crippen LogP contribution in [0.15, 0.2) is 17.0 Å². The van der Waals surface area contributed by atoms with Crippen molar-refractivity contribution in [2.45, 2.75) is 31.6 Å². The van der Waals surface area contributed by atoms with Crippen LogP contribution in [0, 0.1) is 19.8 Å². The molecule has 0 bridgehead atoms. The molecule has 0 spiro atoms. The van der Waals surface area contributed by atoms with E-state index < -0.39 is 10.0 Å². The van der Waals surface area contributed by atoms with Crippen LogP contribution >= 0.6 is 12.4 Å². The van der Waals surface area contributed by atoms with Crippen LogP contribution in [0.5, 0.6) is 5.75 Å². The molecule has 1 aliphatic rings. The van der Waals surface area contributed by atoms with Crippen molar-refractivity contribution in [1.29, 1.82) is 0 Å². The molecule has 7 heteroatoms. The quantitative estimate of drug-likeness (QED) is 0.854. The first-order valence-electron chi connectivity index (χ1n) is 7.29. The number of benzene rings is 1. The van der Waals surface area contributed by atoms with Gasteiger partial charge in [-0.3, -0.25) is 0 Å². The molecule has 0 aliphatic carbocycles. The Morgan fingerprint density at radius 3 is 2.68 bits per heavy atom. The average molecular weight is 349 g/mol. The first-order chi connectivity index (χ1) is 9.94. The number of aryl methyl sites for hydroxylation is 2. The summed E-state index contributed by atoms with van der Waals surface area (Å²) in [6.07, 6.45) is 2.15. The molecule has 5 nitrogen and oxygen atoms in total. The lowest BCUT2D eigenvalue weighted by Gasteiger charge is -2.23. The molecule has 2 N–H and O–H groups in total. The predicted octanol–water partition coefficient (Wildman–Crippen LogP) is 2.01. The number of ether oxygens (including phenoxy) is 1. The van der Waals surface area contributed by atoms with E-state index in [4.69, 9.17) is 4.74 Å². The molecule has 126 valence electrons. The average Bonchev–Trinajstić information content (AvgIpc) is 2.46. The lowest BCUT2D eigenvalue weighted by molar-refractivity contribution is 0.374. The van der Waals surface area contributed by atoms with Crippen molar-refractivity contribution in [3.8, 4) is 5.75 Å². The Morgan fingerprint density at radius 1 is 1.36 bits per heavy atom. The number of halogens is 1. The summed E-state index contributed by atoms with van der Waals surface area (Å²) in [5.74, 6) is 0.778. The van der Waals surface area contributed by atoms with Crippen molar-refractivity contribution in [3.05, 3.63) is 23.3 Å². The van der Waals surface area contributed by atoms with E-state index in [2.05, 4.69) is 10.0 Å². The third-order valence-electron chi connectivity index (χ3n) is 3.84. The second-order valence-electron chi connectivity index (χ2n) is 5.68. The highest BCUT2D eigenvalue weighted by atomic mass is 35.5. The SMILES string of the molecule is COc1c(C)cc(C)cc1S(=O)(=O)NCC1CCCNC1.Cl. The number of sulfonamides is 1. The van der Waals surface area contributed by atoms with Gasteiger partial charge >= 0.3 is 0 Å². The molecular formula is C15H25ClN2O3S. The van der Waals surface area contributed by atoms with E-state index in [1.165, 1.54) is 7.11 Å². The topological polar surface area (TPSA) is 67.4 Å². The molecule has 1 aromatic carbocycles. The van der Waals surface area contributed by atoms with Gasteiger partial charge in [0.05, 0.1) is 7.11 Å². The maximum absolute atomic E-state index is 12.5. The molecule has 1 unspecified atom stereocenters. The summed E-state index contributed by atoms with van der Waals surface area (Å²) in [5, 5.41) is 3.29. The van der Waals surface area contributed by atoms with Gasteiger partial charge in [-0.05, 0) is 62.9 Å². The highest BCUT2D eigenvalue weighted by Gasteiger charge is 2.23. The second kappa shape index (κ2) is 8.15. The lowest BCUT2D eigenvalue weighted by atomic mass is 10.0. The van der Waals surface area contributed by atoms with Crippen molar-refractivity contribution in [1.82, 2.24) is 10.0 Å². The summed E-state index contributed by atoms with van der Waals surface area (Å²) in [5.41, 5.74) is 1.74. The van der Waals surface area contributed by atoms with Gasteiger partial charge in [-0.25, -0.2) is 13.1 Å². The lowest BCUT2D eigenvalue weighted by Crippen LogP contribution is -2.38. The third-order valence-corrected chi connectivity index (χ3v) is 5.27. The van der Waals surface area contributed by atoms with E-state index in [9.17, 15) is 8.42 Å². The minimum Gasteiger partial charge on any atom is -0.495 e. The fraction of sp³-hybridized carbons (Fsp3) is 0.600. The van der Waals surface area contributed by atoms with Crippen LogP contribution in [0.1, 0.15) is 24.0 Å². The Bertz CT molecular complexity index is 599. The largest absolute Gasteiger partial charge is 0.495 e. The van der Waals surface area contributed by atoms with Gasteiger partial charge in [-0.1, -0.05) is 6.07 Å². The van der Waals surface area contributed by atoms with Gasteiger partial charge in [0.1, 0.15) is 10.6 Å². The zero-order chi connectivity index (χ0) is 15.5. The molecule has 0 amide bonds. The fourth-order valence-electron chi connectivity index (χ4n) is 2.78. The molecule has 2 rings (SSSR count). The van der Waals surface area contributed by atoms with Crippen molar-refractivity contribution in [2.24, 2.45) is 5.92 Å². The van der Waals surface area contributed by atoms with E-state index >= 15 is 0 Å². The Hall–Kier alpha value is -0.820. The van der Waals surface area contributed by atoms with E-state index in [1.807, 2.05) is 19.9 Å². The maximum atomic E-state index is 12.5. The molecule has 1 atom stereocenters. The van der Waals surface area contributed by atoms with Crippen LogP contribution in [-0.2, 0) is 10.0 Å². The zero-order valence-corrected chi connectivity index (χ0v) is 14.9. The van der Waals surface area contributed by atoms with E-state index in [0.717, 1.165) is 37.1 Å². The van der Waals surface area contributed by atoms with Crippen LogP contribution in [0.25, 0.3) is 0 Å². The molecule has 1 saturated heterocycles. The van der Waals surface area contributed by atoms with Crippen LogP contribution in [-0.4, -0.2) is 35.2 Å². The molecule has 1 heterocycles. The molecule has 1 aliphatic heterocycles.